The fourth-order valence-corrected chi connectivity index (χ4v) is 2.77. The molecular formula is C18H30IN3O2. The molecule has 0 amide bonds. The SMILES string of the molecule is CCOCCCNC(=NC)NCC1(c2ccccc2OC)CC1.I. The van der Waals surface area contributed by atoms with Crippen LogP contribution in [0.1, 0.15) is 31.7 Å². The molecule has 0 atom stereocenters. The van der Waals surface area contributed by atoms with E-state index in [4.69, 9.17) is 9.47 Å². The topological polar surface area (TPSA) is 54.9 Å². The number of halogens is 1. The number of methoxy groups -OCH3 is 1. The Balaban J connectivity index is 0.00000288. The molecule has 2 rings (SSSR count). The molecule has 1 aliphatic rings. The third-order valence-corrected chi connectivity index (χ3v) is 4.31. The van der Waals surface area contributed by atoms with Crippen molar-refractivity contribution < 1.29 is 9.47 Å². The normalized spacial score (nSPS) is 15.4. The largest absolute Gasteiger partial charge is 0.496 e. The summed E-state index contributed by atoms with van der Waals surface area (Å²) in [6, 6.07) is 8.31. The summed E-state index contributed by atoms with van der Waals surface area (Å²) in [6.45, 7) is 5.31. The zero-order valence-corrected chi connectivity index (χ0v) is 17.3. The zero-order chi connectivity index (χ0) is 16.5. The van der Waals surface area contributed by atoms with E-state index in [9.17, 15) is 0 Å². The molecule has 136 valence electrons. The number of rotatable bonds is 9. The number of nitrogens with one attached hydrogen (secondary N) is 2. The highest BCUT2D eigenvalue weighted by molar-refractivity contribution is 14.0. The van der Waals surface area contributed by atoms with Crippen molar-refractivity contribution in [2.75, 3.05) is 40.5 Å². The van der Waals surface area contributed by atoms with E-state index in [-0.39, 0.29) is 29.4 Å². The number of aliphatic imine (C=N–C) groups is 1. The molecule has 0 aromatic heterocycles. The molecule has 0 heterocycles. The van der Waals surface area contributed by atoms with Crippen molar-refractivity contribution in [3.8, 4) is 5.75 Å². The minimum atomic E-state index is 0. The Morgan fingerprint density at radius 3 is 2.62 bits per heavy atom. The number of guanidine groups is 1. The number of para-hydroxylation sites is 1. The summed E-state index contributed by atoms with van der Waals surface area (Å²) >= 11 is 0. The van der Waals surface area contributed by atoms with Crippen molar-refractivity contribution in [3.63, 3.8) is 0 Å². The van der Waals surface area contributed by atoms with Crippen molar-refractivity contribution >= 4 is 29.9 Å². The molecule has 1 saturated carbocycles. The predicted molar refractivity (Wildman–Crippen MR) is 110 cm³/mol. The van der Waals surface area contributed by atoms with Crippen molar-refractivity contribution in [3.05, 3.63) is 29.8 Å². The number of hydrogen-bond acceptors (Lipinski definition) is 3. The lowest BCUT2D eigenvalue weighted by molar-refractivity contribution is 0.145. The molecule has 1 aromatic rings. The summed E-state index contributed by atoms with van der Waals surface area (Å²) in [5.41, 5.74) is 1.47. The average molecular weight is 447 g/mol. The van der Waals surface area contributed by atoms with E-state index in [1.807, 2.05) is 19.1 Å². The van der Waals surface area contributed by atoms with Gasteiger partial charge in [-0.05, 0) is 32.3 Å². The number of nitrogens with zero attached hydrogens (tertiary/aromatic N) is 1. The van der Waals surface area contributed by atoms with Crippen LogP contribution in [0.2, 0.25) is 0 Å². The molecule has 0 unspecified atom stereocenters. The van der Waals surface area contributed by atoms with Gasteiger partial charge < -0.3 is 20.1 Å². The Labute approximate surface area is 162 Å². The van der Waals surface area contributed by atoms with Crippen LogP contribution in [0.3, 0.4) is 0 Å². The van der Waals surface area contributed by atoms with Gasteiger partial charge in [0.05, 0.1) is 7.11 Å². The Kier molecular flexibility index (Phi) is 9.43. The summed E-state index contributed by atoms with van der Waals surface area (Å²) in [7, 11) is 3.54. The van der Waals surface area contributed by atoms with Gasteiger partial charge in [0.2, 0.25) is 0 Å². The summed E-state index contributed by atoms with van der Waals surface area (Å²) in [5.74, 6) is 1.83. The fourth-order valence-electron chi connectivity index (χ4n) is 2.77. The van der Waals surface area contributed by atoms with E-state index in [0.29, 0.717) is 0 Å². The van der Waals surface area contributed by atoms with Crippen LogP contribution in [0.5, 0.6) is 5.75 Å². The highest BCUT2D eigenvalue weighted by atomic mass is 127. The van der Waals surface area contributed by atoms with E-state index in [1.54, 1.807) is 14.2 Å². The van der Waals surface area contributed by atoms with E-state index in [0.717, 1.165) is 44.4 Å². The van der Waals surface area contributed by atoms with Crippen LogP contribution in [0.25, 0.3) is 0 Å². The Morgan fingerprint density at radius 2 is 2.00 bits per heavy atom. The maximum atomic E-state index is 5.52. The van der Waals surface area contributed by atoms with E-state index < -0.39 is 0 Å². The van der Waals surface area contributed by atoms with Crippen LogP contribution >= 0.6 is 24.0 Å². The maximum absolute atomic E-state index is 5.52. The van der Waals surface area contributed by atoms with Crippen LogP contribution in [-0.4, -0.2) is 46.4 Å². The van der Waals surface area contributed by atoms with Gasteiger partial charge in [-0.25, -0.2) is 0 Å². The van der Waals surface area contributed by atoms with Gasteiger partial charge in [0.1, 0.15) is 5.75 Å². The molecule has 24 heavy (non-hydrogen) atoms. The van der Waals surface area contributed by atoms with Crippen molar-refractivity contribution in [2.45, 2.75) is 31.6 Å². The van der Waals surface area contributed by atoms with Crippen molar-refractivity contribution in [1.29, 1.82) is 0 Å². The second-order valence-electron chi connectivity index (χ2n) is 5.88. The molecule has 0 spiro atoms. The number of benzene rings is 1. The predicted octanol–water partition coefficient (Wildman–Crippen LogP) is 2.94. The van der Waals surface area contributed by atoms with Crippen LogP contribution in [-0.2, 0) is 10.2 Å². The second kappa shape index (κ2) is 10.8. The Hall–Kier alpha value is -1.02. The molecule has 5 nitrogen and oxygen atoms in total. The van der Waals surface area contributed by atoms with Crippen LogP contribution in [0.15, 0.2) is 29.3 Å². The lowest BCUT2D eigenvalue weighted by atomic mass is 9.95. The minimum Gasteiger partial charge on any atom is -0.496 e. The van der Waals surface area contributed by atoms with Gasteiger partial charge in [0, 0.05) is 44.3 Å². The minimum absolute atomic E-state index is 0. The molecule has 0 radical (unpaired) electrons. The molecule has 0 aliphatic heterocycles. The van der Waals surface area contributed by atoms with Gasteiger partial charge in [0.25, 0.3) is 0 Å². The molecule has 1 aliphatic carbocycles. The first-order chi connectivity index (χ1) is 11.3. The van der Waals surface area contributed by atoms with E-state index in [1.165, 1.54) is 18.4 Å². The van der Waals surface area contributed by atoms with Gasteiger partial charge in [-0.3, -0.25) is 4.99 Å². The van der Waals surface area contributed by atoms with Crippen LogP contribution in [0.4, 0.5) is 0 Å². The fraction of sp³-hybridized carbons (Fsp3) is 0.611. The van der Waals surface area contributed by atoms with Gasteiger partial charge >= 0.3 is 0 Å². The second-order valence-corrected chi connectivity index (χ2v) is 5.88. The molecular weight excluding hydrogens is 417 g/mol. The smallest absolute Gasteiger partial charge is 0.191 e. The highest BCUT2D eigenvalue weighted by Crippen LogP contribution is 2.50. The number of ether oxygens (including phenoxy) is 2. The average Bonchev–Trinajstić information content (AvgIpc) is 3.38. The molecule has 0 bridgehead atoms. The Bertz CT molecular complexity index is 519. The summed E-state index contributed by atoms with van der Waals surface area (Å²) in [4.78, 5) is 4.30. The number of hydrogen-bond donors (Lipinski definition) is 2. The lowest BCUT2D eigenvalue weighted by Crippen LogP contribution is -2.41. The monoisotopic (exact) mass is 447 g/mol. The third-order valence-electron chi connectivity index (χ3n) is 4.31. The van der Waals surface area contributed by atoms with Gasteiger partial charge in [-0.1, -0.05) is 18.2 Å². The summed E-state index contributed by atoms with van der Waals surface area (Å²) in [6.07, 6.45) is 3.34. The van der Waals surface area contributed by atoms with Gasteiger partial charge in [-0.2, -0.15) is 0 Å². The zero-order valence-electron chi connectivity index (χ0n) is 14.9. The highest BCUT2D eigenvalue weighted by Gasteiger charge is 2.45. The van der Waals surface area contributed by atoms with Gasteiger partial charge in [0.15, 0.2) is 5.96 Å². The molecule has 6 heteroatoms. The summed E-state index contributed by atoms with van der Waals surface area (Å²) in [5, 5.41) is 6.79. The quantitative estimate of drug-likeness (QED) is 0.265. The van der Waals surface area contributed by atoms with Gasteiger partial charge in [-0.15, -0.1) is 24.0 Å². The molecule has 1 fully saturated rings. The third kappa shape index (κ3) is 5.81. The van der Waals surface area contributed by atoms with E-state index in [2.05, 4.69) is 27.8 Å². The maximum Gasteiger partial charge on any atom is 0.191 e. The first kappa shape index (κ1) is 21.0. The summed E-state index contributed by atoms with van der Waals surface area (Å²) < 4.78 is 10.9. The van der Waals surface area contributed by atoms with E-state index >= 15 is 0 Å². The van der Waals surface area contributed by atoms with Crippen molar-refractivity contribution in [1.82, 2.24) is 10.6 Å². The molecule has 0 saturated heterocycles. The Morgan fingerprint density at radius 1 is 1.25 bits per heavy atom. The van der Waals surface area contributed by atoms with Crippen molar-refractivity contribution in [2.24, 2.45) is 4.99 Å². The standard InChI is InChI=1S/C18H29N3O2.HI/c1-4-23-13-7-12-20-17(19-2)21-14-18(10-11-18)15-8-5-6-9-16(15)22-3;/h5-6,8-9H,4,7,10-14H2,1-3H3,(H2,19,20,21);1H. The van der Waals surface area contributed by atoms with Crippen LogP contribution in [0, 0.1) is 0 Å². The molecule has 2 N–H and O–H groups in total. The molecule has 1 aromatic carbocycles. The first-order valence-electron chi connectivity index (χ1n) is 8.41. The lowest BCUT2D eigenvalue weighted by Gasteiger charge is -2.21. The van der Waals surface area contributed by atoms with Crippen LogP contribution < -0.4 is 15.4 Å². The first-order valence-corrected chi connectivity index (χ1v) is 8.41.